The minimum absolute atomic E-state index is 0.223. The standard InChI is InChI=1S/C94H163NO18/c1-3-5-7-9-11-13-15-17-19-21-23-25-27-29-31-33-35-37-38-40-42-44-46-48-50-52-54-56-58-60-62-64-66-68-70-72-82(100)95-77(78(99)71-69-67-65-63-61-59-57-55-53-51-49-47-45-43-41-39-36-34-32-30-28-26-24-22-20-18-16-14-12-10-8-6-4-2)76-108-92-88(106)85(103)90(80(74-97)110-92)113-94-89(107)86(104)91(81(75-98)111-94)112-93-87(105)84(102)83(101)79(73-96)109-93/h5,7,11,13,17,19,23,25,29,31,35,37,40,42,46,48,52,54,69,71,77-81,83-94,96-99,101-107H,3-4,6,8-10,12,14-16,18,20-22,24,26-28,30,32-34,36,38-39,41,43-45,47,49-51,53,55-68,70,72-76H2,1-2H3,(H,95,100)/b7-5-,13-11-,19-17-,25-23-,31-29-,37-35-,42-40-,48-46-,54-52-,71-69+. The Labute approximate surface area is 684 Å². The smallest absolute Gasteiger partial charge is 0.220 e. The second-order valence-corrected chi connectivity index (χ2v) is 31.7. The van der Waals surface area contributed by atoms with Gasteiger partial charge in [0.25, 0.3) is 0 Å². The Hall–Kier alpha value is -3.81. The molecule has 17 atom stereocenters. The van der Waals surface area contributed by atoms with Crippen molar-refractivity contribution in [3.05, 3.63) is 122 Å². The topological polar surface area (TPSA) is 307 Å². The number of ether oxygens (including phenoxy) is 6. The summed E-state index contributed by atoms with van der Waals surface area (Å²) in [5, 5.41) is 121. The van der Waals surface area contributed by atoms with Crippen LogP contribution in [0.1, 0.15) is 335 Å². The average molecular weight is 1600 g/mol. The van der Waals surface area contributed by atoms with E-state index in [1.807, 2.05) is 6.08 Å². The molecule has 0 radical (unpaired) electrons. The third kappa shape index (κ3) is 50.7. The van der Waals surface area contributed by atoms with E-state index in [1.165, 1.54) is 180 Å². The fraction of sp³-hybridized carbons (Fsp3) is 0.777. The molecule has 17 unspecified atom stereocenters. The van der Waals surface area contributed by atoms with Crippen molar-refractivity contribution in [2.24, 2.45) is 0 Å². The highest BCUT2D eigenvalue weighted by molar-refractivity contribution is 5.76. The highest BCUT2D eigenvalue weighted by Crippen LogP contribution is 2.33. The number of hydrogen-bond donors (Lipinski definition) is 12. The van der Waals surface area contributed by atoms with Crippen LogP contribution in [0, 0.1) is 0 Å². The lowest BCUT2D eigenvalue weighted by molar-refractivity contribution is -0.379. The SMILES string of the molecule is CC/C=C\C/C=C\C/C=C\C/C=C\C/C=C\C/C=C\C/C=C\C/C=C\C/C=C\CCCCCCCCCC(=O)NC(COC1OC(CO)C(OC2OC(CO)C(OC3OC(CO)C(O)C(O)C3O)C(O)C2O)C(O)C1O)C(O)/C=C/CCCCCCCCCCCCCCCCCCCCCCCCCCCCCCCCC. The molecule has 0 aliphatic carbocycles. The van der Waals surface area contributed by atoms with Gasteiger partial charge in [-0.15, -0.1) is 0 Å². The zero-order valence-corrected chi connectivity index (χ0v) is 70.3. The van der Waals surface area contributed by atoms with Crippen molar-refractivity contribution < 1.29 is 89.4 Å². The van der Waals surface area contributed by atoms with Crippen LogP contribution in [0.15, 0.2) is 122 Å². The predicted molar refractivity (Wildman–Crippen MR) is 457 cm³/mol. The number of aliphatic hydroxyl groups is 11. The number of hydrogen-bond acceptors (Lipinski definition) is 18. The van der Waals surface area contributed by atoms with E-state index in [9.17, 15) is 61.0 Å². The normalized spacial score (nSPS) is 25.4. The average Bonchev–Trinajstić information content (AvgIpc) is 0.780. The van der Waals surface area contributed by atoms with Gasteiger partial charge in [0.15, 0.2) is 18.9 Å². The van der Waals surface area contributed by atoms with Gasteiger partial charge in [0.05, 0.1) is 38.6 Å². The van der Waals surface area contributed by atoms with Gasteiger partial charge < -0.3 is 89.9 Å². The van der Waals surface area contributed by atoms with E-state index in [2.05, 4.69) is 129 Å². The summed E-state index contributed by atoms with van der Waals surface area (Å²) in [6, 6.07) is -0.991. The summed E-state index contributed by atoms with van der Waals surface area (Å²) in [5.74, 6) is -0.288. The number of aliphatic hydroxyl groups excluding tert-OH is 11. The van der Waals surface area contributed by atoms with Gasteiger partial charge in [0, 0.05) is 6.42 Å². The van der Waals surface area contributed by atoms with Crippen LogP contribution >= 0.6 is 0 Å². The Bertz CT molecular complexity index is 2510. The van der Waals surface area contributed by atoms with Crippen molar-refractivity contribution >= 4 is 5.91 Å². The second kappa shape index (κ2) is 72.2. The van der Waals surface area contributed by atoms with E-state index in [0.717, 1.165) is 128 Å². The van der Waals surface area contributed by atoms with Crippen LogP contribution in [0.25, 0.3) is 0 Å². The summed E-state index contributed by atoms with van der Waals surface area (Å²) in [6.07, 6.45) is 76.2. The highest BCUT2D eigenvalue weighted by Gasteiger charge is 2.54. The van der Waals surface area contributed by atoms with Crippen LogP contribution in [0.4, 0.5) is 0 Å². The number of nitrogens with one attached hydrogen (secondary N) is 1. The Morgan fingerprint density at radius 1 is 0.327 bits per heavy atom. The maximum absolute atomic E-state index is 13.5. The number of allylic oxidation sites excluding steroid dienone is 19. The van der Waals surface area contributed by atoms with Gasteiger partial charge in [-0.05, 0) is 89.9 Å². The first-order valence-electron chi connectivity index (χ1n) is 45.3. The largest absolute Gasteiger partial charge is 0.394 e. The molecule has 3 heterocycles. The van der Waals surface area contributed by atoms with Crippen molar-refractivity contribution in [2.45, 2.75) is 439 Å². The number of carbonyl (C=O) groups is 1. The van der Waals surface area contributed by atoms with E-state index in [0.29, 0.717) is 6.42 Å². The molecule has 3 saturated heterocycles. The number of carbonyl (C=O) groups excluding carboxylic acids is 1. The monoisotopic (exact) mass is 1590 g/mol. The Kier molecular flexibility index (Phi) is 66.1. The van der Waals surface area contributed by atoms with Gasteiger partial charge in [0.1, 0.15) is 73.2 Å². The zero-order valence-electron chi connectivity index (χ0n) is 70.3. The predicted octanol–water partition coefficient (Wildman–Crippen LogP) is 17.4. The molecule has 0 saturated carbocycles. The van der Waals surface area contributed by atoms with Crippen molar-refractivity contribution in [1.82, 2.24) is 5.32 Å². The van der Waals surface area contributed by atoms with Crippen LogP contribution in [0.3, 0.4) is 0 Å². The molecule has 0 bridgehead atoms. The molecule has 0 spiro atoms. The minimum Gasteiger partial charge on any atom is -0.394 e. The van der Waals surface area contributed by atoms with Gasteiger partial charge in [-0.1, -0.05) is 360 Å². The molecule has 0 aromatic rings. The zero-order chi connectivity index (χ0) is 81.7. The van der Waals surface area contributed by atoms with E-state index in [-0.39, 0.29) is 18.9 Å². The van der Waals surface area contributed by atoms with Crippen LogP contribution in [-0.2, 0) is 33.2 Å². The van der Waals surface area contributed by atoms with Gasteiger partial charge in [-0.25, -0.2) is 0 Å². The summed E-state index contributed by atoms with van der Waals surface area (Å²) in [4.78, 5) is 13.5. The minimum atomic E-state index is -1.99. The molecule has 19 heteroatoms. The Morgan fingerprint density at radius 3 is 0.956 bits per heavy atom. The molecule has 19 nitrogen and oxygen atoms in total. The third-order valence-electron chi connectivity index (χ3n) is 21.8. The van der Waals surface area contributed by atoms with Gasteiger partial charge in [-0.3, -0.25) is 4.79 Å². The van der Waals surface area contributed by atoms with Crippen LogP contribution < -0.4 is 5.32 Å². The molecule has 12 N–H and O–H groups in total. The molecule has 3 aliphatic rings. The molecular weight excluding hydrogens is 1430 g/mol. The molecule has 3 fully saturated rings. The summed E-state index contributed by atoms with van der Waals surface area (Å²) < 4.78 is 34.5. The lowest BCUT2D eigenvalue weighted by Gasteiger charge is -2.48. The molecule has 113 heavy (non-hydrogen) atoms. The molecule has 652 valence electrons. The van der Waals surface area contributed by atoms with Gasteiger partial charge in [-0.2, -0.15) is 0 Å². The summed E-state index contributed by atoms with van der Waals surface area (Å²) in [5.41, 5.74) is 0. The summed E-state index contributed by atoms with van der Waals surface area (Å²) in [7, 11) is 0. The van der Waals surface area contributed by atoms with Crippen LogP contribution in [-0.4, -0.2) is 193 Å². The number of amides is 1. The quantitative estimate of drug-likeness (QED) is 0.0199. The van der Waals surface area contributed by atoms with E-state index in [1.54, 1.807) is 6.08 Å². The molecule has 3 rings (SSSR count). The summed E-state index contributed by atoms with van der Waals surface area (Å²) >= 11 is 0. The Balaban J connectivity index is 1.35. The van der Waals surface area contributed by atoms with Crippen molar-refractivity contribution in [3.63, 3.8) is 0 Å². The first-order chi connectivity index (χ1) is 55.3. The molecule has 3 aliphatic heterocycles. The maximum atomic E-state index is 13.5. The number of unbranched alkanes of at least 4 members (excludes halogenated alkanes) is 38. The molecule has 1 amide bonds. The maximum Gasteiger partial charge on any atom is 0.220 e. The molecule has 0 aromatic heterocycles. The van der Waals surface area contributed by atoms with E-state index >= 15 is 0 Å². The lowest BCUT2D eigenvalue weighted by Crippen LogP contribution is -2.66. The van der Waals surface area contributed by atoms with E-state index < -0.39 is 124 Å². The second-order valence-electron chi connectivity index (χ2n) is 31.7. The number of rotatable bonds is 72. The van der Waals surface area contributed by atoms with Crippen molar-refractivity contribution in [3.8, 4) is 0 Å². The fourth-order valence-electron chi connectivity index (χ4n) is 14.6. The van der Waals surface area contributed by atoms with Crippen LogP contribution in [0.2, 0.25) is 0 Å². The van der Waals surface area contributed by atoms with E-state index in [4.69, 9.17) is 28.4 Å². The first kappa shape index (κ1) is 103. The Morgan fingerprint density at radius 2 is 0.611 bits per heavy atom. The summed E-state index contributed by atoms with van der Waals surface area (Å²) in [6.45, 7) is 1.65. The first-order valence-corrected chi connectivity index (χ1v) is 45.3. The molecule has 0 aromatic carbocycles. The van der Waals surface area contributed by atoms with Crippen molar-refractivity contribution in [2.75, 3.05) is 26.4 Å². The highest BCUT2D eigenvalue weighted by atomic mass is 16.8. The van der Waals surface area contributed by atoms with Gasteiger partial charge >= 0.3 is 0 Å². The lowest BCUT2D eigenvalue weighted by atomic mass is 9.96. The molecular formula is C94H163NO18. The van der Waals surface area contributed by atoms with Crippen LogP contribution in [0.5, 0.6) is 0 Å². The fourth-order valence-corrected chi connectivity index (χ4v) is 14.6. The third-order valence-corrected chi connectivity index (χ3v) is 21.8. The van der Waals surface area contributed by atoms with Crippen molar-refractivity contribution in [1.29, 1.82) is 0 Å². The van der Waals surface area contributed by atoms with Gasteiger partial charge in [0.2, 0.25) is 5.91 Å².